The zero-order valence-electron chi connectivity index (χ0n) is 15.7. The number of β-amino-alcohol motifs (C(OH)–C–C–N with tert-alkyl or cyclic N) is 1. The Morgan fingerprint density at radius 1 is 1.11 bits per heavy atom. The molecule has 2 fully saturated rings. The number of aliphatic hydroxyl groups is 1. The van der Waals surface area contributed by atoms with Crippen LogP contribution in [0.5, 0.6) is 0 Å². The van der Waals surface area contributed by atoms with Crippen molar-refractivity contribution in [3.05, 3.63) is 54.6 Å². The second-order valence-corrected chi connectivity index (χ2v) is 7.31. The summed E-state index contributed by atoms with van der Waals surface area (Å²) in [6.45, 7) is 6.50. The van der Waals surface area contributed by atoms with Gasteiger partial charge in [0.2, 0.25) is 0 Å². The molecule has 2 saturated heterocycles. The first-order valence-corrected chi connectivity index (χ1v) is 9.80. The van der Waals surface area contributed by atoms with Gasteiger partial charge in [-0.15, -0.1) is 0 Å². The van der Waals surface area contributed by atoms with Crippen LogP contribution >= 0.6 is 0 Å². The number of aliphatic hydroxyl groups excluding tert-OH is 1. The van der Waals surface area contributed by atoms with Gasteiger partial charge in [-0.05, 0) is 36.8 Å². The highest BCUT2D eigenvalue weighted by molar-refractivity contribution is 5.42. The molecule has 2 aliphatic heterocycles. The van der Waals surface area contributed by atoms with Gasteiger partial charge in [-0.25, -0.2) is 4.98 Å². The van der Waals surface area contributed by atoms with Crippen LogP contribution in [0, 0.1) is 0 Å². The maximum absolute atomic E-state index is 10.7. The molecule has 2 atom stereocenters. The lowest BCUT2D eigenvalue weighted by atomic mass is 9.99. The van der Waals surface area contributed by atoms with Gasteiger partial charge in [-0.1, -0.05) is 12.1 Å². The third-order valence-corrected chi connectivity index (χ3v) is 5.58. The number of aromatic nitrogens is 1. The lowest BCUT2D eigenvalue weighted by molar-refractivity contribution is -0.0116. The molecule has 6 heteroatoms. The van der Waals surface area contributed by atoms with E-state index in [1.54, 1.807) is 6.26 Å². The third-order valence-electron chi connectivity index (χ3n) is 5.58. The largest absolute Gasteiger partial charge is 0.465 e. The van der Waals surface area contributed by atoms with Crippen LogP contribution in [0.25, 0.3) is 6.08 Å². The third kappa shape index (κ3) is 4.58. The SMILES string of the molecule is O[C@@H]1CN(C/C=C/c2ccco2)CC[C@H]1N1CCN(c2ccccn2)CC1. The molecule has 0 spiro atoms. The van der Waals surface area contributed by atoms with Gasteiger partial charge in [0, 0.05) is 58.1 Å². The summed E-state index contributed by atoms with van der Waals surface area (Å²) in [7, 11) is 0. The summed E-state index contributed by atoms with van der Waals surface area (Å²) in [5.41, 5.74) is 0. The van der Waals surface area contributed by atoms with Crippen molar-refractivity contribution < 1.29 is 9.52 Å². The van der Waals surface area contributed by atoms with E-state index in [9.17, 15) is 5.11 Å². The van der Waals surface area contributed by atoms with Crippen molar-refractivity contribution in [2.45, 2.75) is 18.6 Å². The van der Waals surface area contributed by atoms with Gasteiger partial charge < -0.3 is 14.4 Å². The fraction of sp³-hybridized carbons (Fsp3) is 0.476. The van der Waals surface area contributed by atoms with Gasteiger partial charge in [0.25, 0.3) is 0 Å². The zero-order chi connectivity index (χ0) is 18.5. The first-order chi connectivity index (χ1) is 13.3. The van der Waals surface area contributed by atoms with Crippen LogP contribution in [0.4, 0.5) is 5.82 Å². The Hall–Kier alpha value is -2.15. The van der Waals surface area contributed by atoms with Gasteiger partial charge in [-0.2, -0.15) is 0 Å². The van der Waals surface area contributed by atoms with Crippen molar-refractivity contribution in [3.63, 3.8) is 0 Å². The molecule has 0 aromatic carbocycles. The molecule has 0 aliphatic carbocycles. The summed E-state index contributed by atoms with van der Waals surface area (Å²) >= 11 is 0. The van der Waals surface area contributed by atoms with E-state index in [2.05, 4.69) is 31.8 Å². The van der Waals surface area contributed by atoms with Crippen molar-refractivity contribution in [3.8, 4) is 0 Å². The molecule has 144 valence electrons. The quantitative estimate of drug-likeness (QED) is 0.871. The normalized spacial score (nSPS) is 25.3. The van der Waals surface area contributed by atoms with Crippen molar-refractivity contribution in [1.82, 2.24) is 14.8 Å². The van der Waals surface area contributed by atoms with Crippen LogP contribution in [0.2, 0.25) is 0 Å². The number of pyridine rings is 1. The molecule has 0 bridgehead atoms. The molecule has 0 saturated carbocycles. The minimum atomic E-state index is -0.294. The molecule has 6 nitrogen and oxygen atoms in total. The van der Waals surface area contributed by atoms with Crippen molar-refractivity contribution >= 4 is 11.9 Å². The Bertz CT molecular complexity index is 711. The maximum atomic E-state index is 10.7. The van der Waals surface area contributed by atoms with E-state index in [-0.39, 0.29) is 12.1 Å². The number of piperidine rings is 1. The molecule has 0 radical (unpaired) electrons. The average Bonchev–Trinajstić information content (AvgIpc) is 3.23. The summed E-state index contributed by atoms with van der Waals surface area (Å²) < 4.78 is 5.31. The fourth-order valence-electron chi connectivity index (χ4n) is 4.10. The molecule has 0 amide bonds. The van der Waals surface area contributed by atoms with E-state index in [1.807, 2.05) is 36.5 Å². The number of hydrogen-bond acceptors (Lipinski definition) is 6. The van der Waals surface area contributed by atoms with Crippen LogP contribution in [0.15, 0.2) is 53.3 Å². The van der Waals surface area contributed by atoms with Gasteiger partial charge in [0.1, 0.15) is 11.6 Å². The average molecular weight is 368 g/mol. The van der Waals surface area contributed by atoms with E-state index >= 15 is 0 Å². The summed E-state index contributed by atoms with van der Waals surface area (Å²) in [6, 6.07) is 10.2. The number of nitrogens with zero attached hydrogens (tertiary/aromatic N) is 4. The minimum absolute atomic E-state index is 0.265. The minimum Gasteiger partial charge on any atom is -0.465 e. The van der Waals surface area contributed by atoms with Crippen molar-refractivity contribution in [2.75, 3.05) is 50.7 Å². The topological polar surface area (TPSA) is 56.0 Å². The highest BCUT2D eigenvalue weighted by Gasteiger charge is 2.33. The number of rotatable bonds is 5. The fourth-order valence-corrected chi connectivity index (χ4v) is 4.10. The van der Waals surface area contributed by atoms with Crippen LogP contribution in [0.3, 0.4) is 0 Å². The molecule has 0 unspecified atom stereocenters. The molecule has 4 heterocycles. The lowest BCUT2D eigenvalue weighted by Crippen LogP contribution is -2.58. The van der Waals surface area contributed by atoms with Crippen molar-refractivity contribution in [1.29, 1.82) is 0 Å². The first kappa shape index (κ1) is 18.2. The summed E-state index contributed by atoms with van der Waals surface area (Å²) in [5, 5.41) is 10.7. The van der Waals surface area contributed by atoms with Crippen molar-refractivity contribution in [2.24, 2.45) is 0 Å². The van der Waals surface area contributed by atoms with Gasteiger partial charge in [0.05, 0.1) is 12.4 Å². The molecule has 2 aromatic heterocycles. The monoisotopic (exact) mass is 368 g/mol. The molecule has 1 N–H and O–H groups in total. The van der Waals surface area contributed by atoms with Crippen LogP contribution in [0.1, 0.15) is 12.2 Å². The van der Waals surface area contributed by atoms with E-state index < -0.39 is 0 Å². The molecule has 2 aliphatic rings. The highest BCUT2D eigenvalue weighted by atomic mass is 16.3. The molecular formula is C21H28N4O2. The Morgan fingerprint density at radius 2 is 2.00 bits per heavy atom. The van der Waals surface area contributed by atoms with Gasteiger partial charge in [-0.3, -0.25) is 9.80 Å². The Balaban J connectivity index is 1.24. The van der Waals surface area contributed by atoms with Gasteiger partial charge >= 0.3 is 0 Å². The standard InChI is InChI=1S/C21H28N4O2/c26-20-17-23(10-3-5-18-6-4-16-27-18)11-8-19(20)24-12-14-25(15-13-24)21-7-1-2-9-22-21/h1-7,9,16,19-20,26H,8,10-15,17H2/b5-3+/t19-,20-/m1/s1. The lowest BCUT2D eigenvalue weighted by Gasteiger charge is -2.45. The van der Waals surface area contributed by atoms with E-state index in [0.717, 1.165) is 63.8 Å². The van der Waals surface area contributed by atoms with Gasteiger partial charge in [0.15, 0.2) is 0 Å². The molecule has 27 heavy (non-hydrogen) atoms. The van der Waals surface area contributed by atoms with E-state index in [0.29, 0.717) is 0 Å². The molecule has 2 aromatic rings. The summed E-state index contributed by atoms with van der Waals surface area (Å²) in [6.07, 6.45) is 8.35. The van der Waals surface area contributed by atoms with Crippen LogP contribution in [-0.2, 0) is 0 Å². The predicted molar refractivity (Wildman–Crippen MR) is 107 cm³/mol. The Labute approximate surface area is 160 Å². The first-order valence-electron chi connectivity index (χ1n) is 9.80. The second kappa shape index (κ2) is 8.69. The molecular weight excluding hydrogens is 340 g/mol. The number of furan rings is 1. The van der Waals surface area contributed by atoms with E-state index in [1.165, 1.54) is 0 Å². The summed E-state index contributed by atoms with van der Waals surface area (Å²) in [5.74, 6) is 1.92. The number of hydrogen-bond donors (Lipinski definition) is 1. The van der Waals surface area contributed by atoms with Crippen LogP contribution in [-0.4, -0.2) is 77.8 Å². The maximum Gasteiger partial charge on any atom is 0.128 e. The van der Waals surface area contributed by atoms with Crippen LogP contribution < -0.4 is 4.90 Å². The Morgan fingerprint density at radius 3 is 2.70 bits per heavy atom. The Kier molecular flexibility index (Phi) is 5.87. The predicted octanol–water partition coefficient (Wildman–Crippen LogP) is 1.95. The number of piperazine rings is 1. The second-order valence-electron chi connectivity index (χ2n) is 7.31. The molecule has 4 rings (SSSR count). The van der Waals surface area contributed by atoms with E-state index in [4.69, 9.17) is 4.42 Å². The number of likely N-dealkylation sites (tertiary alicyclic amines) is 1. The highest BCUT2D eigenvalue weighted by Crippen LogP contribution is 2.21. The number of anilines is 1. The smallest absolute Gasteiger partial charge is 0.128 e. The zero-order valence-corrected chi connectivity index (χ0v) is 15.7. The summed E-state index contributed by atoms with van der Waals surface area (Å²) in [4.78, 5) is 11.5.